The first-order valence-corrected chi connectivity index (χ1v) is 4.58. The molecule has 0 saturated carbocycles. The maximum absolute atomic E-state index is 9.60. The van der Waals surface area contributed by atoms with Crippen LogP contribution in [-0.4, -0.2) is 61.5 Å². The Morgan fingerprint density at radius 1 is 1.25 bits per heavy atom. The lowest BCUT2D eigenvalue weighted by atomic mass is 10.2. The minimum atomic E-state index is -0.192. The Morgan fingerprint density at radius 2 is 2.00 bits per heavy atom. The first kappa shape index (κ1) is 8.44. The minimum absolute atomic E-state index is 0.192. The number of nitrogens with one attached hydrogen (secondary N) is 1. The maximum atomic E-state index is 9.60. The molecule has 0 bridgehead atoms. The van der Waals surface area contributed by atoms with Gasteiger partial charge in [0.25, 0.3) is 0 Å². The Balaban J connectivity index is 1.89. The van der Waals surface area contributed by atoms with E-state index < -0.39 is 0 Å². The van der Waals surface area contributed by atoms with Crippen molar-refractivity contribution in [2.75, 3.05) is 39.4 Å². The third-order valence-electron chi connectivity index (χ3n) is 2.67. The number of nitrogens with zero attached hydrogens (tertiary/aromatic N) is 1. The summed E-state index contributed by atoms with van der Waals surface area (Å²) < 4.78 is 5.25. The average molecular weight is 172 g/mol. The molecule has 2 rings (SSSR count). The normalized spacial score (nSPS) is 38.8. The number of aliphatic hydroxyl groups excluding tert-OH is 1. The van der Waals surface area contributed by atoms with Crippen LogP contribution in [0.15, 0.2) is 0 Å². The number of hydrogen-bond donors (Lipinski definition) is 2. The van der Waals surface area contributed by atoms with E-state index in [2.05, 4.69) is 10.2 Å². The van der Waals surface area contributed by atoms with Gasteiger partial charge in [-0.2, -0.15) is 0 Å². The molecule has 2 atom stereocenters. The number of morpholine rings is 1. The molecule has 0 aromatic rings. The van der Waals surface area contributed by atoms with E-state index in [0.29, 0.717) is 6.04 Å². The molecule has 2 aliphatic heterocycles. The van der Waals surface area contributed by atoms with Crippen molar-refractivity contribution in [2.45, 2.75) is 12.1 Å². The molecule has 0 aliphatic carbocycles. The summed E-state index contributed by atoms with van der Waals surface area (Å²) in [6.45, 7) is 5.20. The molecule has 4 nitrogen and oxygen atoms in total. The minimum Gasteiger partial charge on any atom is -0.390 e. The Kier molecular flexibility index (Phi) is 2.60. The van der Waals surface area contributed by atoms with Gasteiger partial charge in [-0.25, -0.2) is 0 Å². The summed E-state index contributed by atoms with van der Waals surface area (Å²) in [4.78, 5) is 2.31. The highest BCUT2D eigenvalue weighted by Crippen LogP contribution is 2.10. The lowest BCUT2D eigenvalue weighted by Crippen LogP contribution is -2.48. The average Bonchev–Trinajstić information content (AvgIpc) is 2.53. The molecule has 0 aromatic carbocycles. The van der Waals surface area contributed by atoms with Crippen LogP contribution in [0.5, 0.6) is 0 Å². The molecule has 2 fully saturated rings. The van der Waals surface area contributed by atoms with Crippen LogP contribution < -0.4 is 5.32 Å². The van der Waals surface area contributed by atoms with E-state index in [1.165, 1.54) is 0 Å². The third-order valence-corrected chi connectivity index (χ3v) is 2.67. The van der Waals surface area contributed by atoms with Gasteiger partial charge < -0.3 is 15.2 Å². The van der Waals surface area contributed by atoms with Gasteiger partial charge in [-0.05, 0) is 0 Å². The van der Waals surface area contributed by atoms with Crippen molar-refractivity contribution in [1.82, 2.24) is 10.2 Å². The fraction of sp³-hybridized carbons (Fsp3) is 1.00. The lowest BCUT2D eigenvalue weighted by Gasteiger charge is -2.33. The molecular formula is C8H16N2O2. The fourth-order valence-electron chi connectivity index (χ4n) is 1.93. The van der Waals surface area contributed by atoms with Crippen molar-refractivity contribution in [1.29, 1.82) is 0 Å². The number of ether oxygens (including phenoxy) is 1. The highest BCUT2D eigenvalue weighted by molar-refractivity contribution is 4.89. The van der Waals surface area contributed by atoms with E-state index in [4.69, 9.17) is 4.74 Å². The monoisotopic (exact) mass is 172 g/mol. The van der Waals surface area contributed by atoms with Crippen LogP contribution in [0.4, 0.5) is 0 Å². The second kappa shape index (κ2) is 3.70. The van der Waals surface area contributed by atoms with Crippen LogP contribution in [0.1, 0.15) is 0 Å². The first-order chi connectivity index (χ1) is 5.88. The second-order valence-electron chi connectivity index (χ2n) is 3.44. The summed E-state index contributed by atoms with van der Waals surface area (Å²) in [6.07, 6.45) is -0.192. The highest BCUT2D eigenvalue weighted by atomic mass is 16.5. The Hall–Kier alpha value is -0.160. The Bertz CT molecular complexity index is 148. The molecule has 0 spiro atoms. The van der Waals surface area contributed by atoms with E-state index in [1.54, 1.807) is 0 Å². The molecule has 2 aliphatic rings. The zero-order valence-corrected chi connectivity index (χ0v) is 7.20. The Labute approximate surface area is 72.5 Å². The molecule has 2 saturated heterocycles. The van der Waals surface area contributed by atoms with Crippen molar-refractivity contribution < 1.29 is 9.84 Å². The van der Waals surface area contributed by atoms with Gasteiger partial charge >= 0.3 is 0 Å². The topological polar surface area (TPSA) is 44.7 Å². The lowest BCUT2D eigenvalue weighted by molar-refractivity contribution is -0.00592. The molecular weight excluding hydrogens is 156 g/mol. The Morgan fingerprint density at radius 3 is 2.58 bits per heavy atom. The number of aliphatic hydroxyl groups is 1. The smallest absolute Gasteiger partial charge is 0.0831 e. The third kappa shape index (κ3) is 1.61. The van der Waals surface area contributed by atoms with Gasteiger partial charge in [-0.1, -0.05) is 0 Å². The maximum Gasteiger partial charge on any atom is 0.0831 e. The molecule has 0 unspecified atom stereocenters. The number of rotatable bonds is 1. The summed E-state index contributed by atoms with van der Waals surface area (Å²) in [7, 11) is 0. The summed E-state index contributed by atoms with van der Waals surface area (Å²) in [6, 6.07) is 0.314. The largest absolute Gasteiger partial charge is 0.390 e. The van der Waals surface area contributed by atoms with Crippen LogP contribution in [0.25, 0.3) is 0 Å². The van der Waals surface area contributed by atoms with Gasteiger partial charge in [0.15, 0.2) is 0 Å². The van der Waals surface area contributed by atoms with Crippen molar-refractivity contribution >= 4 is 0 Å². The zero-order valence-electron chi connectivity index (χ0n) is 7.20. The first-order valence-electron chi connectivity index (χ1n) is 4.58. The van der Waals surface area contributed by atoms with Crippen molar-refractivity contribution in [2.24, 2.45) is 0 Å². The predicted molar refractivity (Wildman–Crippen MR) is 45.1 cm³/mol. The van der Waals surface area contributed by atoms with Gasteiger partial charge in [-0.15, -0.1) is 0 Å². The molecule has 2 N–H and O–H groups in total. The van der Waals surface area contributed by atoms with E-state index in [9.17, 15) is 5.11 Å². The van der Waals surface area contributed by atoms with Gasteiger partial charge in [-0.3, -0.25) is 4.90 Å². The van der Waals surface area contributed by atoms with E-state index >= 15 is 0 Å². The van der Waals surface area contributed by atoms with Crippen LogP contribution in [-0.2, 0) is 4.74 Å². The van der Waals surface area contributed by atoms with Gasteiger partial charge in [0.2, 0.25) is 0 Å². The van der Waals surface area contributed by atoms with E-state index in [0.717, 1.165) is 39.4 Å². The molecule has 0 aromatic heterocycles. The van der Waals surface area contributed by atoms with Crippen LogP contribution >= 0.6 is 0 Å². The SMILES string of the molecule is O[C@H]1CNC[C@@H]1N1CCOCC1. The molecule has 12 heavy (non-hydrogen) atoms. The van der Waals surface area contributed by atoms with Gasteiger partial charge in [0.1, 0.15) is 0 Å². The van der Waals surface area contributed by atoms with Crippen LogP contribution in [0.3, 0.4) is 0 Å². The molecule has 2 heterocycles. The summed E-state index contributed by atoms with van der Waals surface area (Å²) >= 11 is 0. The quantitative estimate of drug-likeness (QED) is 0.513. The van der Waals surface area contributed by atoms with Gasteiger partial charge in [0, 0.05) is 32.2 Å². The van der Waals surface area contributed by atoms with E-state index in [-0.39, 0.29) is 6.10 Å². The van der Waals surface area contributed by atoms with E-state index in [1.807, 2.05) is 0 Å². The molecule has 0 radical (unpaired) electrons. The predicted octanol–water partition coefficient (Wildman–Crippen LogP) is -1.35. The number of β-amino-alcohol motifs (C(OH)–C–C–N with tert-alkyl or cyclic N) is 1. The van der Waals surface area contributed by atoms with Crippen molar-refractivity contribution in [3.8, 4) is 0 Å². The zero-order chi connectivity index (χ0) is 8.39. The standard InChI is InChI=1S/C8H16N2O2/c11-8-6-9-5-7(8)10-1-3-12-4-2-10/h7-9,11H,1-6H2/t7-,8-/m0/s1. The molecule has 4 heteroatoms. The van der Waals surface area contributed by atoms with Crippen molar-refractivity contribution in [3.05, 3.63) is 0 Å². The van der Waals surface area contributed by atoms with Crippen LogP contribution in [0.2, 0.25) is 0 Å². The summed E-state index contributed by atoms with van der Waals surface area (Å²) in [5.41, 5.74) is 0. The number of hydrogen-bond acceptors (Lipinski definition) is 4. The molecule has 70 valence electrons. The second-order valence-corrected chi connectivity index (χ2v) is 3.44. The summed E-state index contributed by atoms with van der Waals surface area (Å²) in [5, 5.41) is 12.8. The molecule has 0 amide bonds. The van der Waals surface area contributed by atoms with Crippen LogP contribution in [0, 0.1) is 0 Å². The highest BCUT2D eigenvalue weighted by Gasteiger charge is 2.30. The summed E-state index contributed by atoms with van der Waals surface area (Å²) in [5.74, 6) is 0. The fourth-order valence-corrected chi connectivity index (χ4v) is 1.93. The van der Waals surface area contributed by atoms with Gasteiger partial charge in [0.05, 0.1) is 19.3 Å². The van der Waals surface area contributed by atoms with Crippen molar-refractivity contribution in [3.63, 3.8) is 0 Å².